The Kier molecular flexibility index (Phi) is 7.21. The summed E-state index contributed by atoms with van der Waals surface area (Å²) in [6, 6.07) is 0.690. The van der Waals surface area contributed by atoms with Crippen LogP contribution in [-0.2, 0) is 4.79 Å². The van der Waals surface area contributed by atoms with Crippen LogP contribution in [0.25, 0.3) is 0 Å². The topological polar surface area (TPSA) is 44.4 Å². The Labute approximate surface area is 105 Å². The van der Waals surface area contributed by atoms with Crippen LogP contribution in [0.3, 0.4) is 0 Å². The highest BCUT2D eigenvalue weighted by molar-refractivity contribution is 5.75. The van der Waals surface area contributed by atoms with Gasteiger partial charge in [0.1, 0.15) is 0 Å². The van der Waals surface area contributed by atoms with Gasteiger partial charge in [0.05, 0.1) is 0 Å². The molecule has 0 aliphatic carbocycles. The number of piperidine rings is 1. The first-order valence-electron chi connectivity index (χ1n) is 6.91. The molecule has 1 aliphatic heterocycles. The van der Waals surface area contributed by atoms with E-state index in [0.717, 1.165) is 19.6 Å². The van der Waals surface area contributed by atoms with Gasteiger partial charge in [-0.05, 0) is 46.3 Å². The van der Waals surface area contributed by atoms with E-state index in [0.29, 0.717) is 12.5 Å². The van der Waals surface area contributed by atoms with Gasteiger partial charge in [-0.1, -0.05) is 6.42 Å². The summed E-state index contributed by atoms with van der Waals surface area (Å²) in [7, 11) is 2.10. The molecule has 1 amide bonds. The minimum absolute atomic E-state index is 0.162. The summed E-state index contributed by atoms with van der Waals surface area (Å²) in [5, 5.41) is 6.38. The highest BCUT2D eigenvalue weighted by Gasteiger charge is 2.13. The zero-order valence-corrected chi connectivity index (χ0v) is 11.3. The molecule has 0 aromatic carbocycles. The number of carbonyl (C=O) groups excluding carboxylic acids is 1. The fourth-order valence-electron chi connectivity index (χ4n) is 2.24. The van der Waals surface area contributed by atoms with Gasteiger partial charge in [0.15, 0.2) is 0 Å². The van der Waals surface area contributed by atoms with E-state index in [9.17, 15) is 4.79 Å². The molecule has 17 heavy (non-hydrogen) atoms. The van der Waals surface area contributed by atoms with E-state index in [1.54, 1.807) is 0 Å². The second kappa shape index (κ2) is 8.48. The standard InChI is InChI=1S/C13H27N3O/c1-3-14-13(17)8-11-16(2)10-7-12-6-4-5-9-15-12/h12,15H,3-11H2,1-2H3,(H,14,17). The fraction of sp³-hybridized carbons (Fsp3) is 0.923. The van der Waals surface area contributed by atoms with Crippen LogP contribution in [0.1, 0.15) is 39.0 Å². The lowest BCUT2D eigenvalue weighted by molar-refractivity contribution is -0.121. The van der Waals surface area contributed by atoms with E-state index in [2.05, 4.69) is 22.6 Å². The molecule has 0 aromatic heterocycles. The lowest BCUT2D eigenvalue weighted by Gasteiger charge is -2.25. The molecular weight excluding hydrogens is 214 g/mol. The zero-order valence-electron chi connectivity index (χ0n) is 11.3. The van der Waals surface area contributed by atoms with Gasteiger partial charge in [-0.2, -0.15) is 0 Å². The molecule has 0 aromatic rings. The van der Waals surface area contributed by atoms with Gasteiger partial charge < -0.3 is 15.5 Å². The molecule has 1 atom stereocenters. The minimum atomic E-state index is 0.162. The number of hydrogen-bond acceptors (Lipinski definition) is 3. The summed E-state index contributed by atoms with van der Waals surface area (Å²) in [5.41, 5.74) is 0. The molecule has 1 heterocycles. The summed E-state index contributed by atoms with van der Waals surface area (Å²) >= 11 is 0. The quantitative estimate of drug-likeness (QED) is 0.698. The molecule has 4 heteroatoms. The summed E-state index contributed by atoms with van der Waals surface area (Å²) in [6.45, 7) is 5.80. The molecule has 100 valence electrons. The van der Waals surface area contributed by atoms with Crippen molar-refractivity contribution >= 4 is 5.91 Å². The Hall–Kier alpha value is -0.610. The molecule has 0 spiro atoms. The molecule has 0 saturated carbocycles. The Morgan fingerprint density at radius 2 is 2.24 bits per heavy atom. The highest BCUT2D eigenvalue weighted by atomic mass is 16.1. The smallest absolute Gasteiger partial charge is 0.221 e. The SMILES string of the molecule is CCNC(=O)CCN(C)CCC1CCCCN1. The number of carbonyl (C=O) groups is 1. The highest BCUT2D eigenvalue weighted by Crippen LogP contribution is 2.10. The second-order valence-electron chi connectivity index (χ2n) is 4.94. The van der Waals surface area contributed by atoms with E-state index in [1.165, 1.54) is 32.2 Å². The van der Waals surface area contributed by atoms with Crippen molar-refractivity contribution in [2.75, 3.05) is 33.2 Å². The van der Waals surface area contributed by atoms with E-state index in [-0.39, 0.29) is 5.91 Å². The van der Waals surface area contributed by atoms with Crippen LogP contribution in [0.4, 0.5) is 0 Å². The minimum Gasteiger partial charge on any atom is -0.356 e. The van der Waals surface area contributed by atoms with Crippen molar-refractivity contribution in [2.24, 2.45) is 0 Å². The van der Waals surface area contributed by atoms with Crippen molar-refractivity contribution in [3.05, 3.63) is 0 Å². The Morgan fingerprint density at radius 1 is 1.41 bits per heavy atom. The Morgan fingerprint density at radius 3 is 2.88 bits per heavy atom. The normalized spacial score (nSPS) is 20.5. The van der Waals surface area contributed by atoms with Crippen LogP contribution in [0.2, 0.25) is 0 Å². The van der Waals surface area contributed by atoms with Crippen molar-refractivity contribution in [2.45, 2.75) is 45.1 Å². The fourth-order valence-corrected chi connectivity index (χ4v) is 2.24. The summed E-state index contributed by atoms with van der Waals surface area (Å²) < 4.78 is 0. The predicted octanol–water partition coefficient (Wildman–Crippen LogP) is 0.977. The van der Waals surface area contributed by atoms with Gasteiger partial charge in [0.2, 0.25) is 5.91 Å². The third-order valence-corrected chi connectivity index (χ3v) is 3.37. The zero-order chi connectivity index (χ0) is 12.5. The predicted molar refractivity (Wildman–Crippen MR) is 71.1 cm³/mol. The van der Waals surface area contributed by atoms with E-state index in [4.69, 9.17) is 0 Å². The largest absolute Gasteiger partial charge is 0.356 e. The van der Waals surface area contributed by atoms with Crippen LogP contribution in [0, 0.1) is 0 Å². The number of hydrogen-bond donors (Lipinski definition) is 2. The maximum Gasteiger partial charge on any atom is 0.221 e. The molecular formula is C13H27N3O. The molecule has 1 rings (SSSR count). The average Bonchev–Trinajstić information content (AvgIpc) is 2.35. The number of nitrogens with one attached hydrogen (secondary N) is 2. The number of rotatable bonds is 7. The first kappa shape index (κ1) is 14.5. The van der Waals surface area contributed by atoms with Crippen LogP contribution in [-0.4, -0.2) is 50.1 Å². The molecule has 1 fully saturated rings. The van der Waals surface area contributed by atoms with Crippen LogP contribution < -0.4 is 10.6 Å². The maximum atomic E-state index is 11.3. The van der Waals surface area contributed by atoms with E-state index < -0.39 is 0 Å². The lowest BCUT2D eigenvalue weighted by atomic mass is 10.0. The van der Waals surface area contributed by atoms with Crippen molar-refractivity contribution in [1.29, 1.82) is 0 Å². The van der Waals surface area contributed by atoms with E-state index >= 15 is 0 Å². The first-order valence-corrected chi connectivity index (χ1v) is 6.91. The average molecular weight is 241 g/mol. The molecule has 1 aliphatic rings. The molecule has 0 radical (unpaired) electrons. The van der Waals surface area contributed by atoms with Crippen molar-refractivity contribution in [3.63, 3.8) is 0 Å². The second-order valence-corrected chi connectivity index (χ2v) is 4.94. The summed E-state index contributed by atoms with van der Waals surface area (Å²) in [6.07, 6.45) is 5.81. The molecule has 0 bridgehead atoms. The van der Waals surface area contributed by atoms with Gasteiger partial charge >= 0.3 is 0 Å². The van der Waals surface area contributed by atoms with Crippen LogP contribution in [0.5, 0.6) is 0 Å². The molecule has 4 nitrogen and oxygen atoms in total. The maximum absolute atomic E-state index is 11.3. The molecule has 1 unspecified atom stereocenters. The monoisotopic (exact) mass is 241 g/mol. The van der Waals surface area contributed by atoms with Gasteiger partial charge in [-0.25, -0.2) is 0 Å². The third kappa shape index (κ3) is 6.64. The van der Waals surface area contributed by atoms with E-state index in [1.807, 2.05) is 6.92 Å². The van der Waals surface area contributed by atoms with Crippen molar-refractivity contribution in [3.8, 4) is 0 Å². The molecule has 2 N–H and O–H groups in total. The summed E-state index contributed by atoms with van der Waals surface area (Å²) in [4.78, 5) is 13.6. The van der Waals surface area contributed by atoms with Crippen LogP contribution in [0.15, 0.2) is 0 Å². The van der Waals surface area contributed by atoms with Crippen molar-refractivity contribution < 1.29 is 4.79 Å². The third-order valence-electron chi connectivity index (χ3n) is 3.37. The first-order chi connectivity index (χ1) is 8.22. The van der Waals surface area contributed by atoms with Gasteiger partial charge in [-0.3, -0.25) is 4.79 Å². The van der Waals surface area contributed by atoms with Gasteiger partial charge in [-0.15, -0.1) is 0 Å². The van der Waals surface area contributed by atoms with Crippen molar-refractivity contribution in [1.82, 2.24) is 15.5 Å². The summed E-state index contributed by atoms with van der Waals surface area (Å²) in [5.74, 6) is 0.162. The number of nitrogens with zero attached hydrogens (tertiary/aromatic N) is 1. The Balaban J connectivity index is 2.03. The molecule has 1 saturated heterocycles. The number of amides is 1. The van der Waals surface area contributed by atoms with Crippen LogP contribution >= 0.6 is 0 Å². The van der Waals surface area contributed by atoms with Gasteiger partial charge in [0, 0.05) is 25.6 Å². The van der Waals surface area contributed by atoms with Gasteiger partial charge in [0.25, 0.3) is 0 Å². The lowest BCUT2D eigenvalue weighted by Crippen LogP contribution is -2.37. The Bertz CT molecular complexity index is 215.